The highest BCUT2D eigenvalue weighted by atomic mass is 16.3. The van der Waals surface area contributed by atoms with E-state index in [9.17, 15) is 10.2 Å². The minimum absolute atomic E-state index is 0.461. The second kappa shape index (κ2) is 3.01. The predicted molar refractivity (Wildman–Crippen MR) is 50.3 cm³/mol. The van der Waals surface area contributed by atoms with Gasteiger partial charge in [-0.15, -0.1) is 0 Å². The van der Waals surface area contributed by atoms with Crippen molar-refractivity contribution in [3.8, 4) is 0 Å². The van der Waals surface area contributed by atoms with Crippen LogP contribution in [0.4, 0.5) is 5.69 Å². The first-order chi connectivity index (χ1) is 6.18. The van der Waals surface area contributed by atoms with Gasteiger partial charge < -0.3 is 15.9 Å². The Morgan fingerprint density at radius 3 is 2.62 bits per heavy atom. The average molecular weight is 179 g/mol. The summed E-state index contributed by atoms with van der Waals surface area (Å²) in [6.07, 6.45) is -0.350. The molecular formula is C10H13NO2. The van der Waals surface area contributed by atoms with Gasteiger partial charge in [-0.25, -0.2) is 0 Å². The van der Waals surface area contributed by atoms with Crippen LogP contribution in [0.1, 0.15) is 11.1 Å². The standard InChI is InChI=1S/C10H13NO2/c11-8-3-1-2-6-4-9(12)10(13)5-7(6)8/h1-3,9-10,12-13H,4-5,11H2. The Kier molecular flexibility index (Phi) is 1.98. The molecule has 4 N–H and O–H groups in total. The maximum absolute atomic E-state index is 9.44. The van der Waals surface area contributed by atoms with Crippen molar-refractivity contribution in [2.75, 3.05) is 5.73 Å². The quantitative estimate of drug-likeness (QED) is 0.494. The molecule has 2 unspecified atom stereocenters. The van der Waals surface area contributed by atoms with Gasteiger partial charge in [0, 0.05) is 18.5 Å². The SMILES string of the molecule is Nc1cccc2c1CC(O)C(O)C2. The molecule has 1 aliphatic carbocycles. The van der Waals surface area contributed by atoms with Gasteiger partial charge in [-0.3, -0.25) is 0 Å². The molecule has 0 heterocycles. The van der Waals surface area contributed by atoms with Crippen molar-refractivity contribution in [3.63, 3.8) is 0 Å². The van der Waals surface area contributed by atoms with Crippen LogP contribution in [0.3, 0.4) is 0 Å². The van der Waals surface area contributed by atoms with E-state index in [1.165, 1.54) is 0 Å². The van der Waals surface area contributed by atoms with E-state index in [2.05, 4.69) is 0 Å². The first-order valence-corrected chi connectivity index (χ1v) is 4.41. The average Bonchev–Trinajstić information content (AvgIpc) is 2.09. The van der Waals surface area contributed by atoms with Crippen LogP contribution in [0.5, 0.6) is 0 Å². The smallest absolute Gasteiger partial charge is 0.0843 e. The maximum atomic E-state index is 9.44. The first-order valence-electron chi connectivity index (χ1n) is 4.41. The third-order valence-corrected chi connectivity index (χ3v) is 2.60. The summed E-state index contributed by atoms with van der Waals surface area (Å²) in [5.74, 6) is 0. The fraction of sp³-hybridized carbons (Fsp3) is 0.400. The molecule has 3 heteroatoms. The topological polar surface area (TPSA) is 66.5 Å². The lowest BCUT2D eigenvalue weighted by Gasteiger charge is -2.26. The molecule has 1 aromatic rings. The molecule has 0 amide bonds. The van der Waals surface area contributed by atoms with E-state index in [0.717, 1.165) is 11.1 Å². The van der Waals surface area contributed by atoms with Gasteiger partial charge in [0.1, 0.15) is 0 Å². The van der Waals surface area contributed by atoms with Crippen molar-refractivity contribution in [3.05, 3.63) is 29.3 Å². The molecule has 13 heavy (non-hydrogen) atoms. The summed E-state index contributed by atoms with van der Waals surface area (Å²) in [7, 11) is 0. The Bertz CT molecular complexity index is 325. The normalized spacial score (nSPS) is 26.9. The molecule has 0 bridgehead atoms. The summed E-state index contributed by atoms with van der Waals surface area (Å²) in [6.45, 7) is 0. The van der Waals surface area contributed by atoms with Gasteiger partial charge in [0.05, 0.1) is 12.2 Å². The lowest BCUT2D eigenvalue weighted by atomic mass is 9.87. The summed E-state index contributed by atoms with van der Waals surface area (Å²) >= 11 is 0. The van der Waals surface area contributed by atoms with Crippen LogP contribution in [-0.2, 0) is 12.8 Å². The van der Waals surface area contributed by atoms with Crippen LogP contribution < -0.4 is 5.73 Å². The Hall–Kier alpha value is -1.06. The van der Waals surface area contributed by atoms with Crippen LogP contribution in [0.15, 0.2) is 18.2 Å². The fourth-order valence-electron chi connectivity index (χ4n) is 1.80. The number of hydrogen-bond donors (Lipinski definition) is 3. The molecule has 0 spiro atoms. The fourth-order valence-corrected chi connectivity index (χ4v) is 1.80. The van der Waals surface area contributed by atoms with Gasteiger partial charge in [-0.05, 0) is 17.2 Å². The zero-order valence-corrected chi connectivity index (χ0v) is 7.27. The number of rotatable bonds is 0. The molecule has 0 aliphatic heterocycles. The van der Waals surface area contributed by atoms with Crippen LogP contribution in [0.2, 0.25) is 0 Å². The van der Waals surface area contributed by atoms with Crippen LogP contribution in [0.25, 0.3) is 0 Å². The van der Waals surface area contributed by atoms with E-state index < -0.39 is 12.2 Å². The highest BCUT2D eigenvalue weighted by Crippen LogP contribution is 2.26. The number of anilines is 1. The number of hydrogen-bond acceptors (Lipinski definition) is 3. The third-order valence-electron chi connectivity index (χ3n) is 2.60. The number of fused-ring (bicyclic) bond motifs is 1. The van der Waals surface area contributed by atoms with E-state index in [0.29, 0.717) is 18.5 Å². The summed E-state index contributed by atoms with van der Waals surface area (Å²) in [6, 6.07) is 5.64. The van der Waals surface area contributed by atoms with Gasteiger partial charge in [0.2, 0.25) is 0 Å². The molecular weight excluding hydrogens is 166 g/mol. The number of benzene rings is 1. The third kappa shape index (κ3) is 1.41. The molecule has 3 nitrogen and oxygen atoms in total. The molecule has 70 valence electrons. The van der Waals surface area contributed by atoms with Gasteiger partial charge in [-0.1, -0.05) is 12.1 Å². The van der Waals surface area contributed by atoms with E-state index in [4.69, 9.17) is 5.73 Å². The Morgan fingerprint density at radius 2 is 1.85 bits per heavy atom. The lowest BCUT2D eigenvalue weighted by molar-refractivity contribution is 0.0143. The molecule has 1 aromatic carbocycles. The number of nitrogen functional groups attached to an aromatic ring is 1. The number of nitrogens with two attached hydrogens (primary N) is 1. The number of aliphatic hydroxyl groups is 2. The summed E-state index contributed by atoms with van der Waals surface area (Å²) in [5.41, 5.74) is 8.51. The van der Waals surface area contributed by atoms with Gasteiger partial charge in [-0.2, -0.15) is 0 Å². The highest BCUT2D eigenvalue weighted by Gasteiger charge is 2.25. The zero-order valence-electron chi connectivity index (χ0n) is 7.27. The lowest BCUT2D eigenvalue weighted by Crippen LogP contribution is -2.34. The van der Waals surface area contributed by atoms with Gasteiger partial charge >= 0.3 is 0 Å². The second-order valence-corrected chi connectivity index (χ2v) is 3.53. The molecule has 1 aliphatic rings. The van der Waals surface area contributed by atoms with E-state index in [1.54, 1.807) is 0 Å². The zero-order chi connectivity index (χ0) is 9.42. The Morgan fingerprint density at radius 1 is 1.15 bits per heavy atom. The van der Waals surface area contributed by atoms with E-state index >= 15 is 0 Å². The minimum Gasteiger partial charge on any atom is -0.398 e. The van der Waals surface area contributed by atoms with Crippen molar-refractivity contribution in [1.29, 1.82) is 0 Å². The molecule has 2 rings (SSSR count). The molecule has 0 saturated carbocycles. The second-order valence-electron chi connectivity index (χ2n) is 3.53. The summed E-state index contributed by atoms with van der Waals surface area (Å²) in [5, 5.41) is 18.9. The molecule has 0 saturated heterocycles. The largest absolute Gasteiger partial charge is 0.398 e. The molecule has 0 fully saturated rings. The molecule has 0 aromatic heterocycles. The van der Waals surface area contributed by atoms with Crippen molar-refractivity contribution in [2.45, 2.75) is 25.0 Å². The predicted octanol–water partition coefficient (Wildman–Crippen LogP) is 0.0892. The van der Waals surface area contributed by atoms with Crippen LogP contribution in [-0.4, -0.2) is 22.4 Å². The van der Waals surface area contributed by atoms with Crippen molar-refractivity contribution >= 4 is 5.69 Å². The van der Waals surface area contributed by atoms with Crippen molar-refractivity contribution in [2.24, 2.45) is 0 Å². The van der Waals surface area contributed by atoms with Gasteiger partial charge in [0.15, 0.2) is 0 Å². The molecule has 2 atom stereocenters. The Labute approximate surface area is 76.8 Å². The van der Waals surface area contributed by atoms with Crippen LogP contribution in [0, 0.1) is 0 Å². The monoisotopic (exact) mass is 179 g/mol. The maximum Gasteiger partial charge on any atom is 0.0843 e. The van der Waals surface area contributed by atoms with Crippen molar-refractivity contribution in [1.82, 2.24) is 0 Å². The number of aliphatic hydroxyl groups excluding tert-OH is 2. The van der Waals surface area contributed by atoms with Crippen LogP contribution >= 0.6 is 0 Å². The Balaban J connectivity index is 2.42. The molecule has 0 radical (unpaired) electrons. The minimum atomic E-state index is -0.669. The van der Waals surface area contributed by atoms with Gasteiger partial charge in [0.25, 0.3) is 0 Å². The summed E-state index contributed by atoms with van der Waals surface area (Å²) in [4.78, 5) is 0. The highest BCUT2D eigenvalue weighted by molar-refractivity contribution is 5.52. The van der Waals surface area contributed by atoms with Crippen molar-refractivity contribution < 1.29 is 10.2 Å². The summed E-state index contributed by atoms with van der Waals surface area (Å²) < 4.78 is 0. The first kappa shape index (κ1) is 8.53. The van der Waals surface area contributed by atoms with E-state index in [-0.39, 0.29) is 0 Å². The van der Waals surface area contributed by atoms with E-state index in [1.807, 2.05) is 18.2 Å².